The van der Waals surface area contributed by atoms with Crippen molar-refractivity contribution in [2.24, 2.45) is 0 Å². The Labute approximate surface area is 197 Å². The number of fused-ring (bicyclic) bond motifs is 1. The van der Waals surface area contributed by atoms with E-state index in [1.54, 1.807) is 6.07 Å². The number of para-hydroxylation sites is 1. The number of benzene rings is 3. The number of nitrogens with zero attached hydrogens (tertiary/aromatic N) is 2. The monoisotopic (exact) mass is 467 g/mol. The lowest BCUT2D eigenvalue weighted by Gasteiger charge is -2.45. The van der Waals surface area contributed by atoms with Crippen molar-refractivity contribution in [2.75, 3.05) is 25.1 Å². The Kier molecular flexibility index (Phi) is 6.48. The molecule has 0 aromatic heterocycles. The molecule has 2 aliphatic rings. The van der Waals surface area contributed by atoms with Gasteiger partial charge in [0.1, 0.15) is 5.75 Å². The zero-order valence-corrected chi connectivity index (χ0v) is 18.8. The van der Waals surface area contributed by atoms with Crippen LogP contribution in [0.3, 0.4) is 0 Å². The normalized spacial score (nSPS) is 19.9. The predicted molar refractivity (Wildman–Crippen MR) is 126 cm³/mol. The lowest BCUT2D eigenvalue weighted by Crippen LogP contribution is -2.49. The molecule has 178 valence electrons. The van der Waals surface area contributed by atoms with Crippen LogP contribution in [0.25, 0.3) is 0 Å². The van der Waals surface area contributed by atoms with E-state index >= 15 is 0 Å². The van der Waals surface area contributed by atoms with Gasteiger partial charge in [-0.15, -0.1) is 13.2 Å². The molecule has 1 atom stereocenters. The van der Waals surface area contributed by atoms with Crippen LogP contribution in [0, 0.1) is 0 Å². The Morgan fingerprint density at radius 1 is 0.882 bits per heavy atom. The Morgan fingerprint density at radius 3 is 2.38 bits per heavy atom. The lowest BCUT2D eigenvalue weighted by atomic mass is 9.91. The van der Waals surface area contributed by atoms with Gasteiger partial charge in [-0.3, -0.25) is 9.80 Å². The van der Waals surface area contributed by atoms with Crippen LogP contribution >= 0.6 is 0 Å². The maximum absolute atomic E-state index is 12.6. The highest BCUT2D eigenvalue weighted by molar-refractivity contribution is 5.57. The van der Waals surface area contributed by atoms with Gasteiger partial charge in [0.15, 0.2) is 0 Å². The number of alkyl halides is 3. The topological polar surface area (TPSA) is 27.7 Å². The maximum atomic E-state index is 12.6. The van der Waals surface area contributed by atoms with Crippen LogP contribution < -0.4 is 10.1 Å². The van der Waals surface area contributed by atoms with Gasteiger partial charge in [0.2, 0.25) is 0 Å². The smallest absolute Gasteiger partial charge is 0.406 e. The molecule has 4 nitrogen and oxygen atoms in total. The van der Waals surface area contributed by atoms with Crippen molar-refractivity contribution < 1.29 is 17.9 Å². The van der Waals surface area contributed by atoms with E-state index in [-0.39, 0.29) is 11.8 Å². The molecule has 3 aromatic carbocycles. The molecular weight excluding hydrogens is 439 g/mol. The summed E-state index contributed by atoms with van der Waals surface area (Å²) in [5, 5.41) is 3.59. The SMILES string of the molecule is FC(F)(F)Oc1cccc(CN2CCC(N3CNc4ccccc4C3c3ccccc3)CC2)c1. The molecule has 1 N–H and O–H groups in total. The molecule has 2 heterocycles. The standard InChI is InChI=1S/C27H28F3N3O/c28-27(29,30)34-23-10-6-7-20(17-23)18-32-15-13-22(14-16-32)33-19-31-25-12-5-4-11-24(25)26(33)21-8-2-1-3-9-21/h1-12,17,22,26,31H,13-16,18-19H2. The number of anilines is 1. The summed E-state index contributed by atoms with van der Waals surface area (Å²) in [4.78, 5) is 4.87. The minimum atomic E-state index is -4.67. The van der Waals surface area contributed by atoms with Gasteiger partial charge in [-0.2, -0.15) is 0 Å². The van der Waals surface area contributed by atoms with Gasteiger partial charge in [-0.05, 0) is 60.8 Å². The molecule has 0 spiro atoms. The highest BCUT2D eigenvalue weighted by atomic mass is 19.4. The number of halogens is 3. The van der Waals surface area contributed by atoms with Crippen molar-refractivity contribution in [1.29, 1.82) is 0 Å². The number of piperidine rings is 1. The third kappa shape index (κ3) is 5.21. The molecule has 7 heteroatoms. The van der Waals surface area contributed by atoms with Crippen molar-refractivity contribution in [3.05, 3.63) is 95.6 Å². The number of hydrogen-bond acceptors (Lipinski definition) is 4. The Hall–Kier alpha value is -3.03. The maximum Gasteiger partial charge on any atom is 0.573 e. The third-order valence-electron chi connectivity index (χ3n) is 6.72. The molecule has 2 aliphatic heterocycles. The zero-order valence-electron chi connectivity index (χ0n) is 18.8. The van der Waals surface area contributed by atoms with Crippen LogP contribution in [0.15, 0.2) is 78.9 Å². The van der Waals surface area contributed by atoms with Gasteiger partial charge in [0.25, 0.3) is 0 Å². The number of nitrogens with one attached hydrogen (secondary N) is 1. The van der Waals surface area contributed by atoms with Crippen LogP contribution in [0.1, 0.15) is 35.6 Å². The average Bonchev–Trinajstić information content (AvgIpc) is 2.83. The fraction of sp³-hybridized carbons (Fsp3) is 0.333. The molecule has 34 heavy (non-hydrogen) atoms. The Bertz CT molecular complexity index is 1100. The molecular formula is C27H28F3N3O. The molecule has 1 unspecified atom stereocenters. The number of likely N-dealkylation sites (tertiary alicyclic amines) is 1. The highest BCUT2D eigenvalue weighted by Gasteiger charge is 2.35. The summed E-state index contributed by atoms with van der Waals surface area (Å²) in [7, 11) is 0. The Balaban J connectivity index is 1.27. The number of ether oxygens (including phenoxy) is 1. The van der Waals surface area contributed by atoms with E-state index in [9.17, 15) is 13.2 Å². The second-order valence-corrected chi connectivity index (χ2v) is 8.95. The van der Waals surface area contributed by atoms with Gasteiger partial charge in [0, 0.05) is 18.3 Å². The molecule has 0 amide bonds. The van der Waals surface area contributed by atoms with Crippen molar-refractivity contribution in [3.8, 4) is 5.75 Å². The summed E-state index contributed by atoms with van der Waals surface area (Å²) >= 11 is 0. The Morgan fingerprint density at radius 2 is 1.62 bits per heavy atom. The van der Waals surface area contributed by atoms with E-state index < -0.39 is 6.36 Å². The van der Waals surface area contributed by atoms with E-state index in [4.69, 9.17) is 0 Å². The molecule has 3 aromatic rings. The second-order valence-electron chi connectivity index (χ2n) is 8.95. The molecule has 1 fully saturated rings. The third-order valence-corrected chi connectivity index (χ3v) is 6.72. The first kappa shape index (κ1) is 22.7. The minimum absolute atomic E-state index is 0.163. The summed E-state index contributed by atoms with van der Waals surface area (Å²) in [6.45, 7) is 3.20. The predicted octanol–water partition coefficient (Wildman–Crippen LogP) is 6.02. The molecule has 0 bridgehead atoms. The summed E-state index contributed by atoms with van der Waals surface area (Å²) in [6.07, 6.45) is -2.66. The first-order valence-corrected chi connectivity index (χ1v) is 11.7. The molecule has 0 aliphatic carbocycles. The zero-order chi connectivity index (χ0) is 23.5. The van der Waals surface area contributed by atoms with Crippen LogP contribution in [-0.2, 0) is 6.54 Å². The first-order valence-electron chi connectivity index (χ1n) is 11.7. The van der Waals surface area contributed by atoms with Gasteiger partial charge in [-0.1, -0.05) is 60.7 Å². The van der Waals surface area contributed by atoms with Gasteiger partial charge in [-0.25, -0.2) is 0 Å². The van der Waals surface area contributed by atoms with Crippen LogP contribution in [0.5, 0.6) is 5.75 Å². The average molecular weight is 468 g/mol. The molecule has 0 radical (unpaired) electrons. The summed E-state index contributed by atoms with van der Waals surface area (Å²) in [5.74, 6) is -0.163. The van der Waals surface area contributed by atoms with Crippen molar-refractivity contribution in [2.45, 2.75) is 37.8 Å². The van der Waals surface area contributed by atoms with Crippen molar-refractivity contribution >= 4 is 5.69 Å². The minimum Gasteiger partial charge on any atom is -0.406 e. The van der Waals surface area contributed by atoms with Gasteiger partial charge < -0.3 is 10.1 Å². The summed E-state index contributed by atoms with van der Waals surface area (Å²) in [5.41, 5.74) is 4.60. The van der Waals surface area contributed by atoms with E-state index in [1.165, 1.54) is 28.9 Å². The largest absolute Gasteiger partial charge is 0.573 e. The summed E-state index contributed by atoms with van der Waals surface area (Å²) < 4.78 is 41.7. The fourth-order valence-electron chi connectivity index (χ4n) is 5.20. The molecule has 1 saturated heterocycles. The quantitative estimate of drug-likeness (QED) is 0.496. The second kappa shape index (κ2) is 9.68. The van der Waals surface area contributed by atoms with E-state index in [2.05, 4.69) is 68.4 Å². The summed E-state index contributed by atoms with van der Waals surface area (Å²) in [6, 6.07) is 26.1. The number of rotatable bonds is 5. The lowest BCUT2D eigenvalue weighted by molar-refractivity contribution is -0.274. The number of hydrogen-bond donors (Lipinski definition) is 1. The van der Waals surface area contributed by atoms with Crippen LogP contribution in [0.4, 0.5) is 18.9 Å². The van der Waals surface area contributed by atoms with Crippen LogP contribution in [0.2, 0.25) is 0 Å². The molecule has 5 rings (SSSR count). The van der Waals surface area contributed by atoms with E-state index in [1.807, 2.05) is 12.1 Å². The van der Waals surface area contributed by atoms with Crippen molar-refractivity contribution in [3.63, 3.8) is 0 Å². The van der Waals surface area contributed by atoms with E-state index in [0.717, 1.165) is 38.2 Å². The van der Waals surface area contributed by atoms with Crippen LogP contribution in [-0.4, -0.2) is 42.0 Å². The van der Waals surface area contributed by atoms with Crippen molar-refractivity contribution in [1.82, 2.24) is 9.80 Å². The molecule has 0 saturated carbocycles. The van der Waals surface area contributed by atoms with Gasteiger partial charge in [0.05, 0.1) is 12.7 Å². The highest BCUT2D eigenvalue weighted by Crippen LogP contribution is 2.39. The fourth-order valence-corrected chi connectivity index (χ4v) is 5.20. The van der Waals surface area contributed by atoms with Gasteiger partial charge >= 0.3 is 6.36 Å². The first-order chi connectivity index (χ1) is 16.5. The van der Waals surface area contributed by atoms with E-state index in [0.29, 0.717) is 12.6 Å².